The summed E-state index contributed by atoms with van der Waals surface area (Å²) in [5.74, 6) is 0. The van der Waals surface area contributed by atoms with Gasteiger partial charge in [-0.3, -0.25) is 0 Å². The highest BCUT2D eigenvalue weighted by Crippen LogP contribution is 2.30. The second-order valence-corrected chi connectivity index (χ2v) is 5.17. The Bertz CT molecular complexity index is 297. The molecule has 0 bridgehead atoms. The van der Waals surface area contributed by atoms with E-state index >= 15 is 0 Å². The molecule has 1 aliphatic heterocycles. The molecule has 0 radical (unpaired) electrons. The van der Waals surface area contributed by atoms with Crippen LogP contribution in [0, 0.1) is 0 Å². The lowest BCUT2D eigenvalue weighted by atomic mass is 9.85. The van der Waals surface area contributed by atoms with Gasteiger partial charge in [-0.25, -0.2) is 0 Å². The van der Waals surface area contributed by atoms with E-state index in [9.17, 15) is 5.11 Å². The first kappa shape index (κ1) is 11.1. The van der Waals surface area contributed by atoms with E-state index in [0.717, 1.165) is 25.7 Å². The van der Waals surface area contributed by atoms with Crippen LogP contribution < -0.4 is 0 Å². The third-order valence-corrected chi connectivity index (χ3v) is 3.83. The molecule has 2 atom stereocenters. The van der Waals surface area contributed by atoms with Crippen LogP contribution in [-0.4, -0.2) is 23.4 Å². The van der Waals surface area contributed by atoms with Gasteiger partial charge in [0.2, 0.25) is 0 Å². The summed E-state index contributed by atoms with van der Waals surface area (Å²) in [6, 6.07) is 2.10. The fraction of sp³-hybridized carbons (Fsp3) is 0.667. The predicted molar refractivity (Wildman–Crippen MR) is 62.2 cm³/mol. The summed E-state index contributed by atoms with van der Waals surface area (Å²) in [6.45, 7) is 2.81. The molecule has 0 spiro atoms. The summed E-state index contributed by atoms with van der Waals surface area (Å²) in [4.78, 5) is 0. The van der Waals surface area contributed by atoms with Gasteiger partial charge in [-0.1, -0.05) is 6.92 Å². The Morgan fingerprint density at radius 1 is 1.67 bits per heavy atom. The number of ether oxygens (including phenoxy) is 1. The SMILES string of the molecule is CCC1CC(O)(Cc2ccsc2)CCO1. The van der Waals surface area contributed by atoms with Crippen molar-refractivity contribution in [3.63, 3.8) is 0 Å². The number of rotatable bonds is 3. The number of hydrogen-bond acceptors (Lipinski definition) is 3. The van der Waals surface area contributed by atoms with Gasteiger partial charge in [0.15, 0.2) is 0 Å². The Morgan fingerprint density at radius 3 is 3.20 bits per heavy atom. The van der Waals surface area contributed by atoms with E-state index in [1.54, 1.807) is 11.3 Å². The van der Waals surface area contributed by atoms with E-state index in [1.807, 2.05) is 0 Å². The summed E-state index contributed by atoms with van der Waals surface area (Å²) in [5.41, 5.74) is 0.708. The van der Waals surface area contributed by atoms with Crippen molar-refractivity contribution in [2.75, 3.05) is 6.61 Å². The van der Waals surface area contributed by atoms with Gasteiger partial charge < -0.3 is 9.84 Å². The molecule has 0 aliphatic carbocycles. The predicted octanol–water partition coefficient (Wildman–Crippen LogP) is 2.61. The van der Waals surface area contributed by atoms with Crippen molar-refractivity contribution >= 4 is 11.3 Å². The van der Waals surface area contributed by atoms with Crippen LogP contribution in [0.3, 0.4) is 0 Å². The molecule has 2 unspecified atom stereocenters. The van der Waals surface area contributed by atoms with Gasteiger partial charge in [-0.2, -0.15) is 11.3 Å². The average Bonchev–Trinajstić information content (AvgIpc) is 2.69. The van der Waals surface area contributed by atoms with Crippen molar-refractivity contribution in [1.29, 1.82) is 0 Å². The van der Waals surface area contributed by atoms with Crippen LogP contribution in [0.15, 0.2) is 16.8 Å². The fourth-order valence-corrected chi connectivity index (χ4v) is 2.86. The zero-order valence-corrected chi connectivity index (χ0v) is 9.93. The van der Waals surface area contributed by atoms with Crippen LogP contribution in [0.4, 0.5) is 0 Å². The Hall–Kier alpha value is -0.380. The lowest BCUT2D eigenvalue weighted by molar-refractivity contribution is -0.103. The lowest BCUT2D eigenvalue weighted by Crippen LogP contribution is -2.42. The molecule has 1 aromatic rings. The molecule has 0 saturated carbocycles. The van der Waals surface area contributed by atoms with Crippen molar-refractivity contribution in [1.82, 2.24) is 0 Å². The van der Waals surface area contributed by atoms with Gasteiger partial charge in [0.1, 0.15) is 0 Å². The molecule has 2 heterocycles. The molecule has 1 N–H and O–H groups in total. The normalized spacial score (nSPS) is 31.7. The van der Waals surface area contributed by atoms with E-state index in [1.165, 1.54) is 5.56 Å². The lowest BCUT2D eigenvalue weighted by Gasteiger charge is -2.36. The third-order valence-electron chi connectivity index (χ3n) is 3.10. The van der Waals surface area contributed by atoms with Gasteiger partial charge in [-0.15, -0.1) is 0 Å². The average molecular weight is 226 g/mol. The maximum atomic E-state index is 10.5. The maximum Gasteiger partial charge on any atom is 0.0734 e. The van der Waals surface area contributed by atoms with Crippen LogP contribution >= 0.6 is 11.3 Å². The summed E-state index contributed by atoms with van der Waals surface area (Å²) < 4.78 is 5.58. The topological polar surface area (TPSA) is 29.5 Å². The van der Waals surface area contributed by atoms with E-state index < -0.39 is 5.60 Å². The highest BCUT2D eigenvalue weighted by atomic mass is 32.1. The summed E-state index contributed by atoms with van der Waals surface area (Å²) in [5, 5.41) is 14.7. The molecular weight excluding hydrogens is 208 g/mol. The first-order chi connectivity index (χ1) is 7.22. The summed E-state index contributed by atoms with van der Waals surface area (Å²) in [7, 11) is 0. The number of hydrogen-bond donors (Lipinski definition) is 1. The Balaban J connectivity index is 1.99. The van der Waals surface area contributed by atoms with E-state index in [2.05, 4.69) is 23.8 Å². The van der Waals surface area contributed by atoms with Gasteiger partial charge in [0.05, 0.1) is 11.7 Å². The molecule has 1 fully saturated rings. The van der Waals surface area contributed by atoms with Crippen molar-refractivity contribution in [2.45, 2.75) is 44.3 Å². The van der Waals surface area contributed by atoms with Crippen LogP contribution in [0.1, 0.15) is 31.7 Å². The smallest absolute Gasteiger partial charge is 0.0734 e. The zero-order valence-electron chi connectivity index (χ0n) is 9.11. The van der Waals surface area contributed by atoms with E-state index in [0.29, 0.717) is 6.61 Å². The highest BCUT2D eigenvalue weighted by Gasteiger charge is 2.34. The minimum atomic E-state index is -0.542. The molecule has 84 valence electrons. The molecule has 0 amide bonds. The molecule has 3 heteroatoms. The van der Waals surface area contributed by atoms with Crippen LogP contribution in [0.5, 0.6) is 0 Å². The molecule has 2 nitrogen and oxygen atoms in total. The molecule has 2 rings (SSSR count). The largest absolute Gasteiger partial charge is 0.389 e. The Kier molecular flexibility index (Phi) is 3.44. The molecule has 1 aliphatic rings. The second kappa shape index (κ2) is 4.64. The quantitative estimate of drug-likeness (QED) is 0.858. The molecular formula is C12H18O2S. The van der Waals surface area contributed by atoms with Crippen molar-refractivity contribution in [3.05, 3.63) is 22.4 Å². The number of thiophene rings is 1. The summed E-state index contributed by atoms with van der Waals surface area (Å²) in [6.07, 6.45) is 3.54. The van der Waals surface area contributed by atoms with E-state index in [-0.39, 0.29) is 6.10 Å². The van der Waals surface area contributed by atoms with Gasteiger partial charge in [0, 0.05) is 19.4 Å². The number of aliphatic hydroxyl groups is 1. The molecule has 15 heavy (non-hydrogen) atoms. The van der Waals surface area contributed by atoms with Gasteiger partial charge in [0.25, 0.3) is 0 Å². The summed E-state index contributed by atoms with van der Waals surface area (Å²) >= 11 is 1.69. The third kappa shape index (κ3) is 2.80. The first-order valence-corrected chi connectivity index (χ1v) is 6.51. The Labute approximate surface area is 94.9 Å². The molecule has 1 aromatic heterocycles. The minimum Gasteiger partial charge on any atom is -0.389 e. The molecule has 0 aromatic carbocycles. The van der Waals surface area contributed by atoms with E-state index in [4.69, 9.17) is 4.74 Å². The standard InChI is InChI=1S/C12H18O2S/c1-2-11-8-12(13,4-5-14-11)7-10-3-6-15-9-10/h3,6,9,11,13H,2,4-5,7-8H2,1H3. The molecule has 1 saturated heterocycles. The monoisotopic (exact) mass is 226 g/mol. The van der Waals surface area contributed by atoms with Crippen LogP contribution in [0.2, 0.25) is 0 Å². The van der Waals surface area contributed by atoms with Crippen molar-refractivity contribution < 1.29 is 9.84 Å². The van der Waals surface area contributed by atoms with Gasteiger partial charge >= 0.3 is 0 Å². The minimum absolute atomic E-state index is 0.238. The van der Waals surface area contributed by atoms with Crippen molar-refractivity contribution in [3.8, 4) is 0 Å². The maximum absolute atomic E-state index is 10.5. The highest BCUT2D eigenvalue weighted by molar-refractivity contribution is 7.07. The van der Waals surface area contributed by atoms with Gasteiger partial charge in [-0.05, 0) is 35.2 Å². The van der Waals surface area contributed by atoms with Crippen LogP contribution in [-0.2, 0) is 11.2 Å². The van der Waals surface area contributed by atoms with Crippen LogP contribution in [0.25, 0.3) is 0 Å². The first-order valence-electron chi connectivity index (χ1n) is 5.57. The zero-order chi connectivity index (χ0) is 10.7. The fourth-order valence-electron chi connectivity index (χ4n) is 2.20. The second-order valence-electron chi connectivity index (χ2n) is 4.39. The van der Waals surface area contributed by atoms with Crippen molar-refractivity contribution in [2.24, 2.45) is 0 Å². The Morgan fingerprint density at radius 2 is 2.53 bits per heavy atom.